The number of thiophene rings is 1. The minimum atomic E-state index is -0.958. The number of hydrogen-bond donors (Lipinski definition) is 1. The van der Waals surface area contributed by atoms with E-state index in [9.17, 15) is 13.2 Å². The fourth-order valence-electron chi connectivity index (χ4n) is 1.53. The van der Waals surface area contributed by atoms with E-state index in [0.717, 1.165) is 5.56 Å². The molecule has 0 saturated heterocycles. The maximum atomic E-state index is 13.4. The molecule has 18 heavy (non-hydrogen) atoms. The molecule has 96 valence electrons. The first-order valence-electron chi connectivity index (χ1n) is 5.12. The van der Waals surface area contributed by atoms with Crippen LogP contribution in [-0.4, -0.2) is 0 Å². The fourth-order valence-corrected chi connectivity index (χ4v) is 2.51. The number of hydrogen-bond acceptors (Lipinski definition) is 2. The van der Waals surface area contributed by atoms with Gasteiger partial charge in [0.25, 0.3) is 0 Å². The normalized spacial score (nSPS) is 12.5. The van der Waals surface area contributed by atoms with Gasteiger partial charge in [-0.05, 0) is 23.9 Å². The molecule has 2 aromatic rings. The number of anilines is 1. The fraction of sp³-hybridized carbons (Fsp3) is 0.167. The van der Waals surface area contributed by atoms with Crippen molar-refractivity contribution in [2.45, 2.75) is 13.0 Å². The highest BCUT2D eigenvalue weighted by Crippen LogP contribution is 2.29. The molecule has 0 aliphatic rings. The lowest BCUT2D eigenvalue weighted by atomic mass is 10.1. The lowest BCUT2D eigenvalue weighted by Crippen LogP contribution is -2.09. The number of rotatable bonds is 3. The Kier molecular flexibility index (Phi) is 3.82. The Morgan fingerprint density at radius 2 is 1.78 bits per heavy atom. The van der Waals surface area contributed by atoms with Crippen LogP contribution in [-0.2, 0) is 0 Å². The van der Waals surface area contributed by atoms with Crippen LogP contribution < -0.4 is 5.32 Å². The van der Waals surface area contributed by atoms with Crippen molar-refractivity contribution in [3.05, 3.63) is 50.9 Å². The minimum Gasteiger partial charge on any atom is -0.374 e. The van der Waals surface area contributed by atoms with E-state index >= 15 is 0 Å². The van der Waals surface area contributed by atoms with Gasteiger partial charge < -0.3 is 5.32 Å². The Morgan fingerprint density at radius 1 is 1.17 bits per heavy atom. The maximum Gasteiger partial charge on any atom is 0.152 e. The third kappa shape index (κ3) is 2.79. The van der Waals surface area contributed by atoms with Gasteiger partial charge in [0.15, 0.2) is 11.6 Å². The van der Waals surface area contributed by atoms with E-state index in [1.807, 2.05) is 0 Å². The molecule has 1 N–H and O–H groups in total. The zero-order valence-corrected chi connectivity index (χ0v) is 10.9. The van der Waals surface area contributed by atoms with Gasteiger partial charge in [-0.25, -0.2) is 13.2 Å². The predicted molar refractivity (Wildman–Crippen MR) is 67.7 cm³/mol. The molecule has 1 atom stereocenters. The summed E-state index contributed by atoms with van der Waals surface area (Å²) in [7, 11) is 0. The van der Waals surface area contributed by atoms with E-state index in [1.165, 1.54) is 11.3 Å². The Labute approximate surface area is 111 Å². The molecule has 6 heteroatoms. The van der Waals surface area contributed by atoms with Gasteiger partial charge in [0.05, 0.1) is 4.34 Å². The average molecular weight is 292 g/mol. The highest BCUT2D eigenvalue weighted by Gasteiger charge is 2.15. The van der Waals surface area contributed by atoms with Crippen LogP contribution in [0, 0.1) is 17.5 Å². The van der Waals surface area contributed by atoms with Gasteiger partial charge in [0.2, 0.25) is 0 Å². The topological polar surface area (TPSA) is 12.0 Å². The zero-order chi connectivity index (χ0) is 13.3. The Bertz CT molecular complexity index is 547. The molecule has 0 fully saturated rings. The molecule has 1 unspecified atom stereocenters. The number of nitrogens with one attached hydrogen (secondary N) is 1. The van der Waals surface area contributed by atoms with Gasteiger partial charge >= 0.3 is 0 Å². The quantitative estimate of drug-likeness (QED) is 0.840. The Morgan fingerprint density at radius 3 is 2.28 bits per heavy atom. The summed E-state index contributed by atoms with van der Waals surface area (Å²) in [4.78, 5) is 0. The maximum absolute atomic E-state index is 13.4. The largest absolute Gasteiger partial charge is 0.374 e. The lowest BCUT2D eigenvalue weighted by molar-refractivity contribution is 0.545. The molecule has 0 aliphatic heterocycles. The van der Waals surface area contributed by atoms with Crippen LogP contribution in [0.25, 0.3) is 0 Å². The van der Waals surface area contributed by atoms with Gasteiger partial charge in [0.1, 0.15) is 11.5 Å². The van der Waals surface area contributed by atoms with Crippen LogP contribution in [0.3, 0.4) is 0 Å². The first kappa shape index (κ1) is 13.2. The molecule has 2 rings (SSSR count). The third-order valence-corrected chi connectivity index (χ3v) is 3.56. The van der Waals surface area contributed by atoms with Crippen molar-refractivity contribution in [1.29, 1.82) is 0 Å². The molecule has 0 radical (unpaired) electrons. The standard InChI is InChI=1S/C12H9ClF3NS/c1-6(7-2-11(13)18-5-7)17-12-9(15)3-8(14)4-10(12)16/h2-6,17H,1H3. The first-order valence-corrected chi connectivity index (χ1v) is 6.38. The predicted octanol–water partition coefficient (Wildman–Crippen LogP) is 4.99. The van der Waals surface area contributed by atoms with E-state index in [-0.39, 0.29) is 11.7 Å². The van der Waals surface area contributed by atoms with Crippen LogP contribution in [0.15, 0.2) is 23.6 Å². The highest BCUT2D eigenvalue weighted by atomic mass is 35.5. The summed E-state index contributed by atoms with van der Waals surface area (Å²) in [5.74, 6) is -2.86. The van der Waals surface area contributed by atoms with Crippen molar-refractivity contribution in [2.75, 3.05) is 5.32 Å². The van der Waals surface area contributed by atoms with Gasteiger partial charge in [-0.15, -0.1) is 11.3 Å². The van der Waals surface area contributed by atoms with Crippen molar-refractivity contribution in [2.24, 2.45) is 0 Å². The van der Waals surface area contributed by atoms with E-state index in [0.29, 0.717) is 16.5 Å². The Hall–Kier alpha value is -1.20. The number of benzene rings is 1. The summed E-state index contributed by atoms with van der Waals surface area (Å²) in [6.07, 6.45) is 0. The second-order valence-corrected chi connectivity index (χ2v) is 5.34. The molecule has 0 spiro atoms. The SMILES string of the molecule is CC(Nc1c(F)cc(F)cc1F)c1csc(Cl)c1. The van der Waals surface area contributed by atoms with Gasteiger partial charge in [-0.3, -0.25) is 0 Å². The molecule has 0 amide bonds. The lowest BCUT2D eigenvalue weighted by Gasteiger charge is -2.15. The van der Waals surface area contributed by atoms with Gasteiger partial charge in [-0.2, -0.15) is 0 Å². The van der Waals surface area contributed by atoms with E-state index in [4.69, 9.17) is 11.6 Å². The second-order valence-electron chi connectivity index (χ2n) is 3.79. The molecular formula is C12H9ClF3NS. The minimum absolute atomic E-state index is 0.330. The molecular weight excluding hydrogens is 283 g/mol. The average Bonchev–Trinajstić information content (AvgIpc) is 2.70. The second kappa shape index (κ2) is 5.20. The zero-order valence-electron chi connectivity index (χ0n) is 9.31. The van der Waals surface area contributed by atoms with Crippen LogP contribution in [0.2, 0.25) is 4.34 Å². The molecule has 0 bridgehead atoms. The van der Waals surface area contributed by atoms with Crippen LogP contribution >= 0.6 is 22.9 Å². The summed E-state index contributed by atoms with van der Waals surface area (Å²) in [5.41, 5.74) is 0.472. The summed E-state index contributed by atoms with van der Waals surface area (Å²) in [6.45, 7) is 1.74. The summed E-state index contributed by atoms with van der Waals surface area (Å²) in [6, 6.07) is 2.66. The van der Waals surface area contributed by atoms with E-state index < -0.39 is 17.5 Å². The molecule has 1 aromatic carbocycles. The summed E-state index contributed by atoms with van der Waals surface area (Å²) in [5, 5.41) is 4.46. The van der Waals surface area contributed by atoms with Crippen molar-refractivity contribution in [3.63, 3.8) is 0 Å². The van der Waals surface area contributed by atoms with Gasteiger partial charge in [-0.1, -0.05) is 11.6 Å². The molecule has 1 nitrogen and oxygen atoms in total. The summed E-state index contributed by atoms with van der Waals surface area (Å²) < 4.78 is 40.2. The van der Waals surface area contributed by atoms with E-state index in [1.54, 1.807) is 18.4 Å². The molecule has 1 heterocycles. The Balaban J connectivity index is 2.24. The highest BCUT2D eigenvalue weighted by molar-refractivity contribution is 7.14. The van der Waals surface area contributed by atoms with Crippen LogP contribution in [0.5, 0.6) is 0 Å². The van der Waals surface area contributed by atoms with Crippen LogP contribution in [0.1, 0.15) is 18.5 Å². The van der Waals surface area contributed by atoms with Gasteiger partial charge in [0, 0.05) is 18.2 Å². The molecule has 0 aliphatic carbocycles. The number of halogens is 4. The van der Waals surface area contributed by atoms with Crippen molar-refractivity contribution < 1.29 is 13.2 Å². The van der Waals surface area contributed by atoms with Crippen molar-refractivity contribution in [1.82, 2.24) is 0 Å². The monoisotopic (exact) mass is 291 g/mol. The third-order valence-electron chi connectivity index (χ3n) is 2.46. The van der Waals surface area contributed by atoms with Crippen LogP contribution in [0.4, 0.5) is 18.9 Å². The van der Waals surface area contributed by atoms with E-state index in [2.05, 4.69) is 5.32 Å². The van der Waals surface area contributed by atoms with Crippen molar-refractivity contribution in [3.8, 4) is 0 Å². The molecule has 1 aromatic heterocycles. The molecule has 0 saturated carbocycles. The first-order chi connectivity index (χ1) is 8.47. The summed E-state index contributed by atoms with van der Waals surface area (Å²) >= 11 is 7.12. The van der Waals surface area contributed by atoms with Crippen molar-refractivity contribution >= 4 is 28.6 Å². The smallest absolute Gasteiger partial charge is 0.152 e.